The molecule has 0 radical (unpaired) electrons. The monoisotopic (exact) mass is 202 g/mol. The van der Waals surface area contributed by atoms with Crippen LogP contribution < -0.4 is 0 Å². The summed E-state index contributed by atoms with van der Waals surface area (Å²) in [7, 11) is 0. The minimum atomic E-state index is 0.316. The number of likely N-dealkylation sites (tertiary alicyclic amines) is 1. The number of rotatable bonds is 2. The molecule has 1 aliphatic carbocycles. The molecule has 0 aromatic carbocycles. The van der Waals surface area contributed by atoms with Crippen molar-refractivity contribution in [3.8, 4) is 0 Å². The molecule has 1 aromatic rings. The average molecular weight is 202 g/mol. The number of carbonyl (C=O) groups is 1. The highest BCUT2D eigenvalue weighted by Crippen LogP contribution is 2.53. The fourth-order valence-electron chi connectivity index (χ4n) is 2.35. The number of nitrogens with zero attached hydrogens (tertiary/aromatic N) is 2. The van der Waals surface area contributed by atoms with E-state index in [2.05, 4.69) is 4.98 Å². The predicted octanol–water partition coefficient (Wildman–Crippen LogP) is 1.59. The number of aromatic nitrogens is 1. The highest BCUT2D eigenvalue weighted by Gasteiger charge is 2.51. The summed E-state index contributed by atoms with van der Waals surface area (Å²) in [5.41, 5.74) is 1.50. The Hall–Kier alpha value is -1.38. The van der Waals surface area contributed by atoms with Gasteiger partial charge in [0, 0.05) is 31.9 Å². The molecule has 3 heteroatoms. The lowest BCUT2D eigenvalue weighted by Gasteiger charge is -2.15. The Labute approximate surface area is 89.1 Å². The van der Waals surface area contributed by atoms with Crippen molar-refractivity contribution in [3.63, 3.8) is 0 Å². The standard InChI is InChI=1S/C12H14N2O/c15-11-6-12(3-4-12)9-14(11)8-10-2-1-5-13-7-10/h1-2,5,7H,3-4,6,8-9H2. The van der Waals surface area contributed by atoms with E-state index in [1.54, 1.807) is 6.20 Å². The van der Waals surface area contributed by atoms with Crippen LogP contribution in [-0.4, -0.2) is 22.3 Å². The zero-order valence-electron chi connectivity index (χ0n) is 8.65. The van der Waals surface area contributed by atoms with Gasteiger partial charge in [-0.2, -0.15) is 0 Å². The Balaban J connectivity index is 1.71. The molecule has 2 fully saturated rings. The topological polar surface area (TPSA) is 33.2 Å². The Morgan fingerprint density at radius 2 is 2.33 bits per heavy atom. The van der Waals surface area contributed by atoms with Crippen LogP contribution in [-0.2, 0) is 11.3 Å². The molecular weight excluding hydrogens is 188 g/mol. The van der Waals surface area contributed by atoms with Gasteiger partial charge in [-0.1, -0.05) is 6.07 Å². The van der Waals surface area contributed by atoms with Crippen LogP contribution in [0.4, 0.5) is 0 Å². The molecule has 3 nitrogen and oxygen atoms in total. The Kier molecular flexibility index (Phi) is 1.81. The Morgan fingerprint density at radius 3 is 2.93 bits per heavy atom. The van der Waals surface area contributed by atoms with Gasteiger partial charge in [-0.15, -0.1) is 0 Å². The van der Waals surface area contributed by atoms with Crippen LogP contribution >= 0.6 is 0 Å². The minimum Gasteiger partial charge on any atom is -0.338 e. The maximum atomic E-state index is 11.7. The molecule has 15 heavy (non-hydrogen) atoms. The second kappa shape index (κ2) is 3.05. The number of carbonyl (C=O) groups excluding carboxylic acids is 1. The molecule has 1 amide bonds. The van der Waals surface area contributed by atoms with Crippen LogP contribution in [0.15, 0.2) is 24.5 Å². The summed E-state index contributed by atoms with van der Waals surface area (Å²) in [6, 6.07) is 3.95. The van der Waals surface area contributed by atoms with Gasteiger partial charge >= 0.3 is 0 Å². The van der Waals surface area contributed by atoms with Gasteiger partial charge in [-0.05, 0) is 29.9 Å². The lowest BCUT2D eigenvalue weighted by molar-refractivity contribution is -0.128. The second-order valence-corrected chi connectivity index (χ2v) is 4.79. The van der Waals surface area contributed by atoms with Crippen molar-refractivity contribution in [2.45, 2.75) is 25.8 Å². The van der Waals surface area contributed by atoms with E-state index in [9.17, 15) is 4.79 Å². The van der Waals surface area contributed by atoms with E-state index >= 15 is 0 Å². The van der Waals surface area contributed by atoms with Crippen molar-refractivity contribution >= 4 is 5.91 Å². The van der Waals surface area contributed by atoms with Crippen LogP contribution in [0, 0.1) is 5.41 Å². The SMILES string of the molecule is O=C1CC2(CC2)CN1Cc1cccnc1. The van der Waals surface area contributed by atoms with Crippen LogP contribution in [0.1, 0.15) is 24.8 Å². The van der Waals surface area contributed by atoms with Gasteiger partial charge in [0.1, 0.15) is 0 Å². The van der Waals surface area contributed by atoms with Crippen LogP contribution in [0.3, 0.4) is 0 Å². The highest BCUT2D eigenvalue weighted by atomic mass is 16.2. The maximum absolute atomic E-state index is 11.7. The van der Waals surface area contributed by atoms with Crippen molar-refractivity contribution in [1.82, 2.24) is 9.88 Å². The van der Waals surface area contributed by atoms with E-state index in [1.165, 1.54) is 12.8 Å². The number of amides is 1. The summed E-state index contributed by atoms with van der Waals surface area (Å²) >= 11 is 0. The first-order valence-corrected chi connectivity index (χ1v) is 5.44. The molecule has 0 bridgehead atoms. The van der Waals surface area contributed by atoms with Crippen LogP contribution in [0.25, 0.3) is 0 Å². The van der Waals surface area contributed by atoms with Gasteiger partial charge in [-0.25, -0.2) is 0 Å². The number of hydrogen-bond donors (Lipinski definition) is 0. The molecule has 78 valence electrons. The maximum Gasteiger partial charge on any atom is 0.223 e. The van der Waals surface area contributed by atoms with E-state index < -0.39 is 0 Å². The number of pyridine rings is 1. The zero-order chi connectivity index (χ0) is 10.3. The van der Waals surface area contributed by atoms with Crippen molar-refractivity contribution in [2.75, 3.05) is 6.54 Å². The van der Waals surface area contributed by atoms with Gasteiger partial charge in [0.2, 0.25) is 5.91 Å². The lowest BCUT2D eigenvalue weighted by atomic mass is 10.1. The zero-order valence-corrected chi connectivity index (χ0v) is 8.65. The molecule has 0 N–H and O–H groups in total. The molecule has 1 aromatic heterocycles. The van der Waals surface area contributed by atoms with Crippen LogP contribution in [0.2, 0.25) is 0 Å². The third kappa shape index (κ3) is 1.62. The molecule has 2 aliphatic rings. The van der Waals surface area contributed by atoms with Gasteiger partial charge < -0.3 is 4.90 Å². The van der Waals surface area contributed by atoms with Crippen molar-refractivity contribution in [2.24, 2.45) is 5.41 Å². The highest BCUT2D eigenvalue weighted by molar-refractivity contribution is 5.80. The normalized spacial score (nSPS) is 22.4. The van der Waals surface area contributed by atoms with Crippen molar-refractivity contribution in [1.29, 1.82) is 0 Å². The predicted molar refractivity (Wildman–Crippen MR) is 55.9 cm³/mol. The lowest BCUT2D eigenvalue weighted by Crippen LogP contribution is -2.24. The molecule has 2 heterocycles. The molecule has 1 saturated carbocycles. The van der Waals surface area contributed by atoms with E-state index in [1.807, 2.05) is 23.2 Å². The first-order chi connectivity index (χ1) is 7.27. The summed E-state index contributed by atoms with van der Waals surface area (Å²) in [5.74, 6) is 0.316. The smallest absolute Gasteiger partial charge is 0.223 e. The molecule has 0 atom stereocenters. The Bertz CT molecular complexity index is 384. The second-order valence-electron chi connectivity index (χ2n) is 4.79. The van der Waals surface area contributed by atoms with E-state index in [0.717, 1.165) is 25.1 Å². The van der Waals surface area contributed by atoms with Crippen LogP contribution in [0.5, 0.6) is 0 Å². The minimum absolute atomic E-state index is 0.316. The average Bonchev–Trinajstić information content (AvgIpc) is 2.91. The summed E-state index contributed by atoms with van der Waals surface area (Å²) in [5, 5.41) is 0. The van der Waals surface area contributed by atoms with Gasteiger partial charge in [0.15, 0.2) is 0 Å². The van der Waals surface area contributed by atoms with Gasteiger partial charge in [0.25, 0.3) is 0 Å². The van der Waals surface area contributed by atoms with E-state index in [4.69, 9.17) is 0 Å². The van der Waals surface area contributed by atoms with Crippen molar-refractivity contribution < 1.29 is 4.79 Å². The summed E-state index contributed by atoms with van der Waals surface area (Å²) in [4.78, 5) is 17.8. The third-order valence-corrected chi connectivity index (χ3v) is 3.46. The van der Waals surface area contributed by atoms with E-state index in [-0.39, 0.29) is 0 Å². The fraction of sp³-hybridized carbons (Fsp3) is 0.500. The first kappa shape index (κ1) is 8.89. The molecule has 0 unspecified atom stereocenters. The molecule has 1 aliphatic heterocycles. The van der Waals surface area contributed by atoms with Crippen molar-refractivity contribution in [3.05, 3.63) is 30.1 Å². The summed E-state index contributed by atoms with van der Waals surface area (Å²) in [6.07, 6.45) is 6.85. The summed E-state index contributed by atoms with van der Waals surface area (Å²) < 4.78 is 0. The first-order valence-electron chi connectivity index (χ1n) is 5.44. The van der Waals surface area contributed by atoms with Gasteiger partial charge in [0.05, 0.1) is 0 Å². The largest absolute Gasteiger partial charge is 0.338 e. The third-order valence-electron chi connectivity index (χ3n) is 3.46. The van der Waals surface area contributed by atoms with Gasteiger partial charge in [-0.3, -0.25) is 9.78 Å². The molecule has 1 saturated heterocycles. The van der Waals surface area contributed by atoms with E-state index in [0.29, 0.717) is 11.3 Å². The summed E-state index contributed by atoms with van der Waals surface area (Å²) in [6.45, 7) is 1.69. The number of hydrogen-bond acceptors (Lipinski definition) is 2. The fourth-order valence-corrected chi connectivity index (χ4v) is 2.35. The molecular formula is C12H14N2O. The molecule has 1 spiro atoms. The quantitative estimate of drug-likeness (QED) is 0.729. The molecule has 3 rings (SSSR count). The Morgan fingerprint density at radius 1 is 1.47 bits per heavy atom.